The Labute approximate surface area is 201 Å². The van der Waals surface area contributed by atoms with Crippen LogP contribution in [0.3, 0.4) is 0 Å². The van der Waals surface area contributed by atoms with Crippen molar-refractivity contribution in [1.82, 2.24) is 4.90 Å². The van der Waals surface area contributed by atoms with Crippen LogP contribution in [0.5, 0.6) is 0 Å². The summed E-state index contributed by atoms with van der Waals surface area (Å²) in [5.41, 5.74) is 2.69. The molecule has 32 heavy (non-hydrogen) atoms. The number of amides is 2. The molecule has 1 unspecified atom stereocenters. The molecule has 1 N–H and O–H groups in total. The fourth-order valence-electron chi connectivity index (χ4n) is 3.68. The van der Waals surface area contributed by atoms with Crippen LogP contribution in [0.15, 0.2) is 66.7 Å². The maximum Gasteiger partial charge on any atom is 0.259 e. The van der Waals surface area contributed by atoms with Crippen LogP contribution in [0, 0.1) is 0 Å². The number of fused-ring (bicyclic) bond motifs is 1. The normalized spacial score (nSPS) is 16.2. The molecule has 0 aliphatic carbocycles. The lowest BCUT2D eigenvalue weighted by atomic mass is 10.1. The monoisotopic (exact) mass is 487 g/mol. The number of hydrogen-bond donors (Lipinski definition) is 1. The largest absolute Gasteiger partial charge is 0.322 e. The summed E-state index contributed by atoms with van der Waals surface area (Å²) in [4.78, 5) is 29.6. The van der Waals surface area contributed by atoms with E-state index in [-0.39, 0.29) is 11.8 Å². The Bertz CT molecular complexity index is 1150. The smallest absolute Gasteiger partial charge is 0.259 e. The molecule has 0 saturated heterocycles. The van der Waals surface area contributed by atoms with Gasteiger partial charge >= 0.3 is 0 Å². The summed E-state index contributed by atoms with van der Waals surface area (Å²) in [6.07, 6.45) is 0. The molecule has 3 aromatic carbocycles. The molecule has 1 aliphatic heterocycles. The minimum absolute atomic E-state index is 0.202. The second-order valence-corrected chi connectivity index (χ2v) is 9.00. The highest BCUT2D eigenvalue weighted by molar-refractivity contribution is 6.35. The van der Waals surface area contributed by atoms with Crippen molar-refractivity contribution in [3.05, 3.63) is 93.5 Å². The molecule has 0 bridgehead atoms. The van der Waals surface area contributed by atoms with Crippen molar-refractivity contribution >= 4 is 58.0 Å². The summed E-state index contributed by atoms with van der Waals surface area (Å²) in [5.74, 6) is -0.550. The van der Waals surface area contributed by atoms with E-state index >= 15 is 0 Å². The highest BCUT2D eigenvalue weighted by atomic mass is 35.5. The van der Waals surface area contributed by atoms with Crippen molar-refractivity contribution in [3.8, 4) is 0 Å². The number of benzene rings is 3. The standard InChI is InChI=1S/C24H20Cl3N3O2/c1-29-13-16-4-2-3-5-21(16)30(22(27)14-29)24(32)15-6-8-20(9-7-15)28-23(31)17-10-18(25)12-19(26)11-17/h2-12,22H,13-14H2,1H3,(H,28,31). The molecule has 164 valence electrons. The van der Waals surface area contributed by atoms with E-state index in [0.29, 0.717) is 39.9 Å². The highest BCUT2D eigenvalue weighted by Crippen LogP contribution is 2.30. The van der Waals surface area contributed by atoms with Crippen molar-refractivity contribution < 1.29 is 9.59 Å². The maximum atomic E-state index is 13.4. The van der Waals surface area contributed by atoms with Crippen LogP contribution in [-0.2, 0) is 6.54 Å². The molecular weight excluding hydrogens is 469 g/mol. The van der Waals surface area contributed by atoms with Gasteiger partial charge in [-0.3, -0.25) is 19.4 Å². The van der Waals surface area contributed by atoms with E-state index < -0.39 is 5.50 Å². The number of halogens is 3. The van der Waals surface area contributed by atoms with E-state index in [1.54, 1.807) is 35.2 Å². The Morgan fingerprint density at radius 1 is 0.938 bits per heavy atom. The number of carbonyl (C=O) groups excluding carboxylic acids is 2. The second-order valence-electron chi connectivity index (χ2n) is 7.62. The van der Waals surface area contributed by atoms with Crippen molar-refractivity contribution in [3.63, 3.8) is 0 Å². The number of nitrogens with zero attached hydrogens (tertiary/aromatic N) is 2. The van der Waals surface area contributed by atoms with Crippen molar-refractivity contribution in [1.29, 1.82) is 0 Å². The van der Waals surface area contributed by atoms with Gasteiger partial charge in [-0.15, -0.1) is 0 Å². The first-order valence-corrected chi connectivity index (χ1v) is 11.1. The Hall–Kier alpha value is -2.57. The Morgan fingerprint density at radius 2 is 1.59 bits per heavy atom. The van der Waals surface area contributed by atoms with Crippen LogP contribution in [0.4, 0.5) is 11.4 Å². The van der Waals surface area contributed by atoms with E-state index in [0.717, 1.165) is 11.3 Å². The van der Waals surface area contributed by atoms with Gasteiger partial charge in [0.05, 0.1) is 5.69 Å². The third kappa shape index (κ3) is 4.92. The number of anilines is 2. The number of likely N-dealkylation sites (N-methyl/N-ethyl adjacent to an activating group) is 1. The molecule has 8 heteroatoms. The first-order valence-electron chi connectivity index (χ1n) is 9.93. The molecule has 3 aromatic rings. The number of para-hydroxylation sites is 1. The lowest BCUT2D eigenvalue weighted by Crippen LogP contribution is -2.41. The van der Waals surface area contributed by atoms with Crippen molar-refractivity contribution in [2.75, 3.05) is 23.8 Å². The van der Waals surface area contributed by atoms with E-state index in [1.807, 2.05) is 31.3 Å². The fourth-order valence-corrected chi connectivity index (χ4v) is 4.64. The summed E-state index contributed by atoms with van der Waals surface area (Å²) >= 11 is 18.6. The van der Waals surface area contributed by atoms with Gasteiger partial charge < -0.3 is 5.32 Å². The van der Waals surface area contributed by atoms with Gasteiger partial charge in [0.2, 0.25) is 0 Å². The van der Waals surface area contributed by atoms with Crippen LogP contribution in [0.1, 0.15) is 26.3 Å². The van der Waals surface area contributed by atoms with Gasteiger partial charge in [0, 0.05) is 39.9 Å². The van der Waals surface area contributed by atoms with E-state index in [1.165, 1.54) is 12.1 Å². The number of carbonyl (C=O) groups is 2. The van der Waals surface area contributed by atoms with E-state index in [9.17, 15) is 9.59 Å². The maximum absolute atomic E-state index is 13.4. The Kier molecular flexibility index (Phi) is 6.72. The fraction of sp³-hybridized carbons (Fsp3) is 0.167. The first kappa shape index (κ1) is 22.6. The minimum atomic E-state index is -0.511. The molecule has 5 nitrogen and oxygen atoms in total. The zero-order valence-electron chi connectivity index (χ0n) is 17.2. The molecule has 0 fully saturated rings. The van der Waals surface area contributed by atoms with Gasteiger partial charge in [0.1, 0.15) is 5.50 Å². The van der Waals surface area contributed by atoms with Gasteiger partial charge in [-0.05, 0) is 61.1 Å². The quantitative estimate of drug-likeness (QED) is 0.369. The SMILES string of the molecule is CN1Cc2ccccc2N(C(=O)c2ccc(NC(=O)c3cc(Cl)cc(Cl)c3)cc2)C(Cl)C1. The number of hydrogen-bond acceptors (Lipinski definition) is 3. The zero-order chi connectivity index (χ0) is 22.8. The van der Waals surface area contributed by atoms with Crippen molar-refractivity contribution in [2.24, 2.45) is 0 Å². The van der Waals surface area contributed by atoms with Gasteiger partial charge in [-0.1, -0.05) is 53.0 Å². The van der Waals surface area contributed by atoms with Gasteiger partial charge in [-0.2, -0.15) is 0 Å². The lowest BCUT2D eigenvalue weighted by molar-refractivity contribution is 0.0981. The topological polar surface area (TPSA) is 52.6 Å². The van der Waals surface area contributed by atoms with Crippen LogP contribution >= 0.6 is 34.8 Å². The molecule has 0 aromatic heterocycles. The van der Waals surface area contributed by atoms with Crippen LogP contribution in [0.2, 0.25) is 10.0 Å². The van der Waals surface area contributed by atoms with E-state index in [4.69, 9.17) is 34.8 Å². The van der Waals surface area contributed by atoms with Crippen molar-refractivity contribution in [2.45, 2.75) is 12.0 Å². The summed E-state index contributed by atoms with van der Waals surface area (Å²) < 4.78 is 0. The second kappa shape index (κ2) is 9.51. The van der Waals surface area contributed by atoms with Gasteiger partial charge in [0.25, 0.3) is 11.8 Å². The molecule has 1 atom stereocenters. The summed E-state index contributed by atoms with van der Waals surface area (Å²) in [6, 6.07) is 19.1. The summed E-state index contributed by atoms with van der Waals surface area (Å²) in [7, 11) is 1.98. The first-order chi connectivity index (χ1) is 15.3. The summed E-state index contributed by atoms with van der Waals surface area (Å²) in [5, 5.41) is 3.54. The molecular formula is C24H20Cl3N3O2. The molecule has 4 rings (SSSR count). The van der Waals surface area contributed by atoms with E-state index in [2.05, 4.69) is 10.2 Å². The molecule has 1 heterocycles. The highest BCUT2D eigenvalue weighted by Gasteiger charge is 2.30. The Balaban J connectivity index is 1.55. The average Bonchev–Trinajstić information content (AvgIpc) is 2.87. The van der Waals surface area contributed by atoms with Gasteiger partial charge in [0.15, 0.2) is 0 Å². The Morgan fingerprint density at radius 3 is 2.28 bits per heavy atom. The summed E-state index contributed by atoms with van der Waals surface area (Å²) in [6.45, 7) is 1.25. The molecule has 0 radical (unpaired) electrons. The van der Waals surface area contributed by atoms with Crippen LogP contribution in [0.25, 0.3) is 0 Å². The average molecular weight is 489 g/mol. The molecule has 1 aliphatic rings. The predicted octanol–water partition coefficient (Wildman–Crippen LogP) is 5.90. The predicted molar refractivity (Wildman–Crippen MR) is 130 cm³/mol. The lowest BCUT2D eigenvalue weighted by Gasteiger charge is -2.27. The minimum Gasteiger partial charge on any atom is -0.322 e. The van der Waals surface area contributed by atoms with Crippen LogP contribution < -0.4 is 10.2 Å². The number of nitrogens with one attached hydrogen (secondary N) is 1. The number of rotatable bonds is 3. The third-order valence-electron chi connectivity index (χ3n) is 5.17. The molecule has 0 spiro atoms. The zero-order valence-corrected chi connectivity index (χ0v) is 19.5. The van der Waals surface area contributed by atoms with Gasteiger partial charge in [-0.25, -0.2) is 0 Å². The molecule has 2 amide bonds. The third-order valence-corrected chi connectivity index (χ3v) is 5.94. The molecule has 0 saturated carbocycles. The van der Waals surface area contributed by atoms with Crippen LogP contribution in [-0.4, -0.2) is 35.8 Å². The number of alkyl halides is 1.